The van der Waals surface area contributed by atoms with Crippen LogP contribution in [0.25, 0.3) is 17.2 Å². The molecule has 37 heavy (non-hydrogen) atoms. The van der Waals surface area contributed by atoms with Crippen LogP contribution >= 0.6 is 0 Å². The zero-order chi connectivity index (χ0) is 26.2. The third kappa shape index (κ3) is 4.97. The van der Waals surface area contributed by atoms with Crippen LogP contribution in [-0.4, -0.2) is 52.6 Å². The molecule has 2 heterocycles. The SMILES string of the molecule is CC1(C)OB(C(=Cc2ncc(O)cn2)CNC(=O)OCC2c3ccccc3-c3ccccc32)OC1(C)C. The van der Waals surface area contributed by atoms with Crippen LogP contribution in [-0.2, 0) is 14.0 Å². The molecule has 0 spiro atoms. The van der Waals surface area contributed by atoms with Crippen molar-refractivity contribution >= 4 is 19.3 Å². The summed E-state index contributed by atoms with van der Waals surface area (Å²) in [5.74, 6) is 0.296. The molecule has 190 valence electrons. The van der Waals surface area contributed by atoms with Gasteiger partial charge in [-0.3, -0.25) is 0 Å². The number of ether oxygens (including phenoxy) is 1. The van der Waals surface area contributed by atoms with Crippen molar-refractivity contribution in [1.29, 1.82) is 0 Å². The average Bonchev–Trinajstić information content (AvgIpc) is 3.30. The normalized spacial score (nSPS) is 17.8. The smallest absolute Gasteiger partial charge is 0.492 e. The fourth-order valence-electron chi connectivity index (χ4n) is 4.59. The summed E-state index contributed by atoms with van der Waals surface area (Å²) < 4.78 is 18.0. The summed E-state index contributed by atoms with van der Waals surface area (Å²) >= 11 is 0. The second kappa shape index (κ2) is 9.65. The Labute approximate surface area is 216 Å². The zero-order valence-electron chi connectivity index (χ0n) is 21.4. The van der Waals surface area contributed by atoms with Gasteiger partial charge >= 0.3 is 13.2 Å². The lowest BCUT2D eigenvalue weighted by Gasteiger charge is -2.32. The predicted octanol–water partition coefficient (Wildman–Crippen LogP) is 4.74. The Bertz CT molecular complexity index is 1280. The van der Waals surface area contributed by atoms with E-state index in [0.29, 0.717) is 11.3 Å². The van der Waals surface area contributed by atoms with Crippen molar-refractivity contribution in [3.05, 3.63) is 83.3 Å². The average molecular weight is 499 g/mol. The van der Waals surface area contributed by atoms with Gasteiger partial charge in [0.2, 0.25) is 0 Å². The summed E-state index contributed by atoms with van der Waals surface area (Å²) in [6.07, 6.45) is 3.75. The molecule has 2 aliphatic rings. The van der Waals surface area contributed by atoms with Crippen molar-refractivity contribution < 1.29 is 23.9 Å². The molecule has 1 fully saturated rings. The highest BCUT2D eigenvalue weighted by Gasteiger charge is 2.52. The highest BCUT2D eigenvalue weighted by molar-refractivity contribution is 6.55. The van der Waals surface area contributed by atoms with Gasteiger partial charge in [-0.1, -0.05) is 48.5 Å². The van der Waals surface area contributed by atoms with Crippen LogP contribution in [0.3, 0.4) is 0 Å². The van der Waals surface area contributed by atoms with E-state index in [1.54, 1.807) is 6.08 Å². The largest absolute Gasteiger partial charge is 0.505 e. The Morgan fingerprint density at radius 1 is 1.00 bits per heavy atom. The minimum Gasteiger partial charge on any atom is -0.505 e. The first kappa shape index (κ1) is 25.0. The molecule has 1 amide bonds. The number of nitrogens with zero attached hydrogens (tertiary/aromatic N) is 2. The molecule has 9 heteroatoms. The summed E-state index contributed by atoms with van der Waals surface area (Å²) in [5, 5.41) is 12.3. The monoisotopic (exact) mass is 499 g/mol. The fourth-order valence-corrected chi connectivity index (χ4v) is 4.59. The summed E-state index contributed by atoms with van der Waals surface area (Å²) in [6.45, 7) is 8.16. The molecule has 1 aliphatic carbocycles. The quantitative estimate of drug-likeness (QED) is 0.473. The molecule has 1 aromatic heterocycles. The van der Waals surface area contributed by atoms with Gasteiger partial charge in [-0.25, -0.2) is 14.8 Å². The number of rotatable bonds is 6. The third-order valence-corrected chi connectivity index (χ3v) is 7.31. The maximum absolute atomic E-state index is 12.8. The van der Waals surface area contributed by atoms with Crippen LogP contribution in [0.15, 0.2) is 66.4 Å². The number of fused-ring (bicyclic) bond motifs is 3. The summed E-state index contributed by atoms with van der Waals surface area (Å²) in [6, 6.07) is 16.4. The molecule has 5 rings (SSSR count). The number of nitrogens with one attached hydrogen (secondary N) is 1. The van der Waals surface area contributed by atoms with Gasteiger partial charge in [0.25, 0.3) is 0 Å². The van der Waals surface area contributed by atoms with E-state index in [2.05, 4.69) is 39.6 Å². The molecule has 0 unspecified atom stereocenters. The number of alkyl carbamates (subject to hydrolysis) is 1. The van der Waals surface area contributed by atoms with E-state index in [4.69, 9.17) is 14.0 Å². The zero-order valence-corrected chi connectivity index (χ0v) is 21.4. The Balaban J connectivity index is 1.29. The fraction of sp³-hybridized carbons (Fsp3) is 0.321. The lowest BCUT2D eigenvalue weighted by molar-refractivity contribution is 0.00578. The van der Waals surface area contributed by atoms with Crippen molar-refractivity contribution in [1.82, 2.24) is 15.3 Å². The number of hydrogen-bond acceptors (Lipinski definition) is 7. The van der Waals surface area contributed by atoms with Gasteiger partial charge in [0.15, 0.2) is 11.6 Å². The number of aromatic hydroxyl groups is 1. The van der Waals surface area contributed by atoms with E-state index >= 15 is 0 Å². The number of hydrogen-bond donors (Lipinski definition) is 2. The lowest BCUT2D eigenvalue weighted by atomic mass is 9.77. The maximum atomic E-state index is 12.8. The lowest BCUT2D eigenvalue weighted by Crippen LogP contribution is -2.41. The second-order valence-corrected chi connectivity index (χ2v) is 10.3. The van der Waals surface area contributed by atoms with E-state index in [1.807, 2.05) is 52.0 Å². The number of carbonyl (C=O) groups excluding carboxylic acids is 1. The van der Waals surface area contributed by atoms with Crippen LogP contribution < -0.4 is 5.32 Å². The van der Waals surface area contributed by atoms with Crippen molar-refractivity contribution in [3.8, 4) is 16.9 Å². The molecule has 2 N–H and O–H groups in total. The minimum atomic E-state index is -0.712. The highest BCUT2D eigenvalue weighted by Crippen LogP contribution is 2.44. The van der Waals surface area contributed by atoms with Crippen LogP contribution in [0.1, 0.15) is 50.6 Å². The number of carbonyl (C=O) groups is 1. The molecule has 0 bridgehead atoms. The number of amides is 1. The first-order valence-electron chi connectivity index (χ1n) is 12.3. The minimum absolute atomic E-state index is 0.0262. The summed E-state index contributed by atoms with van der Waals surface area (Å²) in [5.41, 5.74) is 4.15. The molecule has 2 aromatic carbocycles. The molecule has 1 saturated heterocycles. The van der Waals surface area contributed by atoms with Gasteiger partial charge in [-0.15, -0.1) is 0 Å². The Hall–Kier alpha value is -3.69. The molecular weight excluding hydrogens is 469 g/mol. The molecule has 0 radical (unpaired) electrons. The highest BCUT2D eigenvalue weighted by atomic mass is 16.7. The molecule has 8 nitrogen and oxygen atoms in total. The van der Waals surface area contributed by atoms with Gasteiger partial charge in [-0.05, 0) is 61.5 Å². The predicted molar refractivity (Wildman–Crippen MR) is 141 cm³/mol. The summed E-state index contributed by atoms with van der Waals surface area (Å²) in [7, 11) is -0.712. The standard InChI is InChI=1S/C28H30BN3O5/c1-27(2)28(3,4)37-29(36-27)18(13-25-30-15-19(33)16-31-25)14-32-26(34)35-17-24-22-11-7-5-9-20(22)21-10-6-8-12-23(21)24/h5-13,15-16,24,33H,14,17H2,1-4H3,(H,32,34). The van der Waals surface area contributed by atoms with Crippen LogP contribution in [0.5, 0.6) is 5.75 Å². The van der Waals surface area contributed by atoms with Gasteiger partial charge in [0, 0.05) is 12.5 Å². The Kier molecular flexibility index (Phi) is 6.51. The third-order valence-electron chi connectivity index (χ3n) is 7.31. The van der Waals surface area contributed by atoms with Gasteiger partial charge in [0.05, 0.1) is 23.6 Å². The van der Waals surface area contributed by atoms with E-state index in [-0.39, 0.29) is 24.8 Å². The van der Waals surface area contributed by atoms with E-state index in [0.717, 1.165) is 11.1 Å². The van der Waals surface area contributed by atoms with E-state index in [9.17, 15) is 9.90 Å². The van der Waals surface area contributed by atoms with E-state index < -0.39 is 24.4 Å². The summed E-state index contributed by atoms with van der Waals surface area (Å²) in [4.78, 5) is 21.0. The number of aromatic nitrogens is 2. The van der Waals surface area contributed by atoms with Crippen molar-refractivity contribution in [3.63, 3.8) is 0 Å². The van der Waals surface area contributed by atoms with Crippen LogP contribution in [0.2, 0.25) is 0 Å². The maximum Gasteiger partial charge on any atom is 0.492 e. The van der Waals surface area contributed by atoms with Crippen molar-refractivity contribution in [2.75, 3.05) is 13.2 Å². The van der Waals surface area contributed by atoms with Crippen molar-refractivity contribution in [2.45, 2.75) is 44.8 Å². The molecule has 3 aromatic rings. The van der Waals surface area contributed by atoms with Crippen molar-refractivity contribution in [2.24, 2.45) is 0 Å². The van der Waals surface area contributed by atoms with Gasteiger partial charge in [0.1, 0.15) is 6.61 Å². The Morgan fingerprint density at radius 2 is 1.54 bits per heavy atom. The number of benzene rings is 2. The molecule has 0 saturated carbocycles. The molecule has 0 atom stereocenters. The molecular formula is C28H30BN3O5. The topological polar surface area (TPSA) is 103 Å². The van der Waals surface area contributed by atoms with Gasteiger partial charge < -0.3 is 24.5 Å². The van der Waals surface area contributed by atoms with Gasteiger partial charge in [-0.2, -0.15) is 0 Å². The Morgan fingerprint density at radius 3 is 2.11 bits per heavy atom. The second-order valence-electron chi connectivity index (χ2n) is 10.3. The molecule has 1 aliphatic heterocycles. The first-order chi connectivity index (χ1) is 17.6. The van der Waals surface area contributed by atoms with E-state index in [1.165, 1.54) is 23.5 Å². The van der Waals surface area contributed by atoms with Crippen LogP contribution in [0, 0.1) is 0 Å². The van der Waals surface area contributed by atoms with Crippen LogP contribution in [0.4, 0.5) is 4.79 Å². The first-order valence-corrected chi connectivity index (χ1v) is 12.3.